The third kappa shape index (κ3) is 2.42. The summed E-state index contributed by atoms with van der Waals surface area (Å²) in [7, 11) is 0. The first-order chi connectivity index (χ1) is 8.22. The molecule has 1 aromatic rings. The van der Waals surface area contributed by atoms with Gasteiger partial charge in [-0.1, -0.05) is 12.1 Å². The number of nitrogens with two attached hydrogens (primary N) is 1. The van der Waals surface area contributed by atoms with E-state index < -0.39 is 0 Å². The number of hydrogen-bond donors (Lipinski definition) is 1. The van der Waals surface area contributed by atoms with Crippen LogP contribution in [0.4, 0.5) is 5.69 Å². The van der Waals surface area contributed by atoms with Crippen LogP contribution in [0.5, 0.6) is 0 Å². The zero-order valence-electron chi connectivity index (χ0n) is 9.78. The molecule has 0 bridgehead atoms. The molecule has 2 N–H and O–H groups in total. The first-order valence-corrected chi connectivity index (χ1v) is 5.80. The Hall–Kier alpha value is -1.95. The summed E-state index contributed by atoms with van der Waals surface area (Å²) < 4.78 is 0. The molecule has 0 unspecified atom stereocenters. The highest BCUT2D eigenvalue weighted by atomic mass is 16.2. The Kier molecular flexibility index (Phi) is 3.34. The maximum atomic E-state index is 11.9. The van der Waals surface area contributed by atoms with Gasteiger partial charge < -0.3 is 10.6 Å². The van der Waals surface area contributed by atoms with Crippen LogP contribution < -0.4 is 5.73 Å². The van der Waals surface area contributed by atoms with Crippen molar-refractivity contribution in [3.05, 3.63) is 29.3 Å². The summed E-state index contributed by atoms with van der Waals surface area (Å²) in [6, 6.07) is 5.88. The lowest BCUT2D eigenvalue weighted by Crippen LogP contribution is -2.36. The second kappa shape index (κ2) is 4.92. The van der Waals surface area contributed by atoms with Crippen LogP contribution in [0.1, 0.15) is 24.0 Å². The number of amides is 1. The third-order valence-electron chi connectivity index (χ3n) is 3.14. The summed E-state index contributed by atoms with van der Waals surface area (Å²) in [5, 5.41) is 0. The Morgan fingerprint density at radius 3 is 3.12 bits per heavy atom. The molecule has 0 fully saturated rings. The van der Waals surface area contributed by atoms with E-state index in [0.29, 0.717) is 19.4 Å². The predicted octanol–water partition coefficient (Wildman–Crippen LogP) is 1.57. The number of terminal acetylenes is 1. The van der Waals surface area contributed by atoms with E-state index >= 15 is 0 Å². The van der Waals surface area contributed by atoms with E-state index in [4.69, 9.17) is 12.2 Å². The Bertz CT molecular complexity index is 474. The zero-order valence-corrected chi connectivity index (χ0v) is 9.78. The quantitative estimate of drug-likeness (QED) is 0.617. The van der Waals surface area contributed by atoms with E-state index in [1.807, 2.05) is 23.1 Å². The number of rotatable bonds is 2. The van der Waals surface area contributed by atoms with Crippen molar-refractivity contribution in [1.82, 2.24) is 4.90 Å². The van der Waals surface area contributed by atoms with Gasteiger partial charge in [-0.2, -0.15) is 0 Å². The summed E-state index contributed by atoms with van der Waals surface area (Å²) in [6.07, 6.45) is 6.95. The average Bonchev–Trinajstić information content (AvgIpc) is 2.36. The van der Waals surface area contributed by atoms with Gasteiger partial charge in [0.25, 0.3) is 0 Å². The molecule has 1 aliphatic heterocycles. The molecule has 1 aromatic carbocycles. The molecule has 1 amide bonds. The van der Waals surface area contributed by atoms with E-state index in [0.717, 1.165) is 24.2 Å². The Labute approximate surface area is 102 Å². The largest absolute Gasteiger partial charge is 0.398 e. The average molecular weight is 228 g/mol. The van der Waals surface area contributed by atoms with Gasteiger partial charge in [-0.15, -0.1) is 12.3 Å². The summed E-state index contributed by atoms with van der Waals surface area (Å²) in [6.45, 7) is 1.40. The highest BCUT2D eigenvalue weighted by Gasteiger charge is 2.21. The standard InChI is InChI=1S/C14H16N2O/c1-2-3-7-14(17)16-9-8-12-11(10-16)5-4-6-13(12)15/h1,4-6H,3,7-10,15H2. The minimum Gasteiger partial charge on any atom is -0.398 e. The number of carbonyl (C=O) groups excluding carboxylic acids is 1. The SMILES string of the molecule is C#CCCC(=O)N1CCc2c(N)cccc2C1. The molecular formula is C14H16N2O. The number of fused-ring (bicyclic) bond motifs is 1. The van der Waals surface area contributed by atoms with Crippen molar-refractivity contribution in [3.8, 4) is 12.3 Å². The van der Waals surface area contributed by atoms with Crippen LogP contribution in [0.15, 0.2) is 18.2 Å². The van der Waals surface area contributed by atoms with E-state index in [9.17, 15) is 4.79 Å². The number of anilines is 1. The number of hydrogen-bond acceptors (Lipinski definition) is 2. The van der Waals surface area contributed by atoms with Crippen molar-refractivity contribution >= 4 is 11.6 Å². The molecule has 88 valence electrons. The number of nitrogen functional groups attached to an aromatic ring is 1. The second-order valence-electron chi connectivity index (χ2n) is 4.25. The zero-order chi connectivity index (χ0) is 12.3. The maximum Gasteiger partial charge on any atom is 0.223 e. The normalized spacial score (nSPS) is 13.9. The van der Waals surface area contributed by atoms with Crippen LogP contribution in [0, 0.1) is 12.3 Å². The number of nitrogens with zero attached hydrogens (tertiary/aromatic N) is 1. The van der Waals surface area contributed by atoms with Gasteiger partial charge in [0.2, 0.25) is 5.91 Å². The first kappa shape index (κ1) is 11.5. The molecule has 0 saturated carbocycles. The highest BCUT2D eigenvalue weighted by molar-refractivity contribution is 5.77. The van der Waals surface area contributed by atoms with Crippen LogP contribution in [-0.2, 0) is 17.8 Å². The summed E-state index contributed by atoms with van der Waals surface area (Å²) in [5.41, 5.74) is 9.09. The Morgan fingerprint density at radius 1 is 1.53 bits per heavy atom. The maximum absolute atomic E-state index is 11.9. The molecule has 1 heterocycles. The molecule has 1 aliphatic rings. The fourth-order valence-electron chi connectivity index (χ4n) is 2.19. The van der Waals surface area contributed by atoms with Crippen molar-refractivity contribution in [3.63, 3.8) is 0 Å². The van der Waals surface area contributed by atoms with Crippen molar-refractivity contribution in [1.29, 1.82) is 0 Å². The van der Waals surface area contributed by atoms with Crippen LogP contribution in [-0.4, -0.2) is 17.4 Å². The van der Waals surface area contributed by atoms with Gasteiger partial charge in [0.15, 0.2) is 0 Å². The summed E-state index contributed by atoms with van der Waals surface area (Å²) in [5.74, 6) is 2.63. The fraction of sp³-hybridized carbons (Fsp3) is 0.357. The van der Waals surface area contributed by atoms with Gasteiger partial charge in [-0.05, 0) is 23.6 Å². The monoisotopic (exact) mass is 228 g/mol. The smallest absolute Gasteiger partial charge is 0.223 e. The van der Waals surface area contributed by atoms with E-state index in [2.05, 4.69) is 5.92 Å². The topological polar surface area (TPSA) is 46.3 Å². The van der Waals surface area contributed by atoms with Crippen LogP contribution in [0.25, 0.3) is 0 Å². The molecule has 0 aromatic heterocycles. The molecule has 0 atom stereocenters. The first-order valence-electron chi connectivity index (χ1n) is 5.80. The highest BCUT2D eigenvalue weighted by Crippen LogP contribution is 2.24. The molecule has 3 nitrogen and oxygen atoms in total. The molecule has 0 radical (unpaired) electrons. The molecule has 2 rings (SSSR count). The van der Waals surface area contributed by atoms with Crippen LogP contribution in [0.3, 0.4) is 0 Å². The van der Waals surface area contributed by atoms with Crippen molar-refractivity contribution in [2.45, 2.75) is 25.8 Å². The molecule has 0 aliphatic carbocycles. The van der Waals surface area contributed by atoms with Crippen LogP contribution >= 0.6 is 0 Å². The number of carbonyl (C=O) groups is 1. The second-order valence-corrected chi connectivity index (χ2v) is 4.25. The fourth-order valence-corrected chi connectivity index (χ4v) is 2.19. The molecule has 17 heavy (non-hydrogen) atoms. The Balaban J connectivity index is 2.09. The van der Waals surface area contributed by atoms with Gasteiger partial charge in [-0.3, -0.25) is 4.79 Å². The van der Waals surface area contributed by atoms with Gasteiger partial charge in [0, 0.05) is 31.6 Å². The lowest BCUT2D eigenvalue weighted by atomic mass is 9.98. The number of benzene rings is 1. The minimum absolute atomic E-state index is 0.135. The lowest BCUT2D eigenvalue weighted by Gasteiger charge is -2.29. The van der Waals surface area contributed by atoms with E-state index in [1.54, 1.807) is 0 Å². The predicted molar refractivity (Wildman–Crippen MR) is 68.0 cm³/mol. The van der Waals surface area contributed by atoms with Gasteiger partial charge >= 0.3 is 0 Å². The summed E-state index contributed by atoms with van der Waals surface area (Å²) >= 11 is 0. The molecule has 0 saturated heterocycles. The Morgan fingerprint density at radius 2 is 2.35 bits per heavy atom. The summed E-state index contributed by atoms with van der Waals surface area (Å²) in [4.78, 5) is 13.7. The van der Waals surface area contributed by atoms with Crippen LogP contribution in [0.2, 0.25) is 0 Å². The van der Waals surface area contributed by atoms with Gasteiger partial charge in [0.1, 0.15) is 0 Å². The molecular weight excluding hydrogens is 212 g/mol. The minimum atomic E-state index is 0.135. The van der Waals surface area contributed by atoms with Crippen molar-refractivity contribution in [2.75, 3.05) is 12.3 Å². The third-order valence-corrected chi connectivity index (χ3v) is 3.14. The lowest BCUT2D eigenvalue weighted by molar-refractivity contribution is -0.132. The van der Waals surface area contributed by atoms with Crippen molar-refractivity contribution < 1.29 is 4.79 Å². The van der Waals surface area contributed by atoms with Gasteiger partial charge in [-0.25, -0.2) is 0 Å². The molecule has 0 spiro atoms. The van der Waals surface area contributed by atoms with Gasteiger partial charge in [0.05, 0.1) is 0 Å². The van der Waals surface area contributed by atoms with Crippen molar-refractivity contribution in [2.24, 2.45) is 0 Å². The molecule has 3 heteroatoms. The van der Waals surface area contributed by atoms with E-state index in [1.165, 1.54) is 5.56 Å². The van der Waals surface area contributed by atoms with E-state index in [-0.39, 0.29) is 5.91 Å².